The van der Waals surface area contributed by atoms with Crippen LogP contribution in [0.25, 0.3) is 0 Å². The van der Waals surface area contributed by atoms with E-state index in [2.05, 4.69) is 24.1 Å². The van der Waals surface area contributed by atoms with E-state index in [1.807, 2.05) is 30.3 Å². The predicted molar refractivity (Wildman–Crippen MR) is 134 cm³/mol. The molecule has 0 fully saturated rings. The lowest BCUT2D eigenvalue weighted by Crippen LogP contribution is -2.37. The number of ether oxygens (including phenoxy) is 1. The summed E-state index contributed by atoms with van der Waals surface area (Å²) in [7, 11) is 1.59. The Bertz CT molecular complexity index is 1410. The van der Waals surface area contributed by atoms with Crippen molar-refractivity contribution < 1.29 is 13.9 Å². The maximum Gasteiger partial charge on any atom is 0.257 e. The van der Waals surface area contributed by atoms with Gasteiger partial charge in [0.05, 0.1) is 12.7 Å². The number of aromatic amines is 1. The minimum absolute atomic E-state index is 0.0335. The Morgan fingerprint density at radius 1 is 1.14 bits per heavy atom. The van der Waals surface area contributed by atoms with Crippen LogP contribution in [0.15, 0.2) is 69.8 Å². The molecule has 1 aromatic heterocycles. The van der Waals surface area contributed by atoms with Gasteiger partial charge in [0.2, 0.25) is 0 Å². The van der Waals surface area contributed by atoms with Crippen molar-refractivity contribution in [3.63, 3.8) is 0 Å². The summed E-state index contributed by atoms with van der Waals surface area (Å²) in [5, 5.41) is 3.76. The molecule has 2 aliphatic rings. The number of fused-ring (bicyclic) bond motifs is 1. The second-order valence-corrected chi connectivity index (χ2v) is 10.7. The number of halogens is 1. The number of methoxy groups -OCH3 is 1. The lowest BCUT2D eigenvalue weighted by atomic mass is 9.69. The fraction of sp³-hybridized carbons (Fsp3) is 0.296. The largest absolute Gasteiger partial charge is 0.497 e. The first-order valence-corrected chi connectivity index (χ1v) is 12.4. The van der Waals surface area contributed by atoms with Gasteiger partial charge in [-0.05, 0) is 47.2 Å². The number of H-pyrrole nitrogens is 1. The number of carbonyl (C=O) groups is 1. The highest BCUT2D eigenvalue weighted by Crippen LogP contribution is 2.48. The van der Waals surface area contributed by atoms with E-state index in [0.29, 0.717) is 46.5 Å². The van der Waals surface area contributed by atoms with Gasteiger partial charge in [-0.1, -0.05) is 49.9 Å². The van der Waals surface area contributed by atoms with E-state index in [0.717, 1.165) is 16.8 Å². The molecule has 0 bridgehead atoms. The second kappa shape index (κ2) is 9.00. The zero-order chi connectivity index (χ0) is 24.7. The summed E-state index contributed by atoms with van der Waals surface area (Å²) in [6, 6.07) is 13.8. The minimum atomic E-state index is -0.543. The Hall–Kier alpha value is -3.39. The van der Waals surface area contributed by atoms with E-state index in [1.54, 1.807) is 13.2 Å². The smallest absolute Gasteiger partial charge is 0.257 e. The van der Waals surface area contributed by atoms with Gasteiger partial charge in [0.1, 0.15) is 17.4 Å². The second-order valence-electron chi connectivity index (χ2n) is 9.72. The zero-order valence-corrected chi connectivity index (χ0v) is 20.6. The van der Waals surface area contributed by atoms with Gasteiger partial charge in [-0.15, -0.1) is 0 Å². The number of rotatable bonds is 5. The number of carbonyl (C=O) groups excluding carboxylic acids is 1. The summed E-state index contributed by atoms with van der Waals surface area (Å²) in [5.74, 6) is 0.747. The summed E-state index contributed by atoms with van der Waals surface area (Å²) in [6.07, 6.45) is 1.09. The minimum Gasteiger partial charge on any atom is -0.497 e. The van der Waals surface area contributed by atoms with Crippen LogP contribution in [0.2, 0.25) is 0 Å². The molecule has 2 aromatic carbocycles. The molecule has 8 heteroatoms. The molecule has 35 heavy (non-hydrogen) atoms. The van der Waals surface area contributed by atoms with E-state index < -0.39 is 5.92 Å². The number of benzene rings is 2. The number of Topliss-reactive ketones (excluding diaryl/α,β-unsaturated/α-hetero) is 1. The number of nitrogens with zero attached hydrogens (tertiary/aromatic N) is 1. The van der Waals surface area contributed by atoms with Crippen LogP contribution in [0.1, 0.15) is 49.3 Å². The van der Waals surface area contributed by atoms with Crippen LogP contribution in [0, 0.1) is 11.2 Å². The molecule has 0 radical (unpaired) electrons. The van der Waals surface area contributed by atoms with Crippen molar-refractivity contribution in [1.82, 2.24) is 9.97 Å². The molecule has 1 atom stereocenters. The summed E-state index contributed by atoms with van der Waals surface area (Å²) < 4.78 is 19.0. The zero-order valence-electron chi connectivity index (χ0n) is 19.8. The van der Waals surface area contributed by atoms with Crippen LogP contribution in [0.4, 0.5) is 10.2 Å². The van der Waals surface area contributed by atoms with Gasteiger partial charge in [0.15, 0.2) is 10.9 Å². The molecule has 1 aliphatic heterocycles. The van der Waals surface area contributed by atoms with Crippen molar-refractivity contribution in [3.05, 3.63) is 92.7 Å². The summed E-state index contributed by atoms with van der Waals surface area (Å²) in [4.78, 5) is 34.4. The lowest BCUT2D eigenvalue weighted by Gasteiger charge is -2.38. The van der Waals surface area contributed by atoms with Crippen molar-refractivity contribution in [3.8, 4) is 5.75 Å². The fourth-order valence-electron chi connectivity index (χ4n) is 4.89. The normalized spacial score (nSPS) is 18.5. The molecule has 1 unspecified atom stereocenters. The number of ketones is 1. The topological polar surface area (TPSA) is 84.1 Å². The first-order valence-electron chi connectivity index (χ1n) is 11.4. The molecule has 0 amide bonds. The number of thioether (sulfide) groups is 1. The number of allylic oxidation sites excluding steroid dienone is 2. The average Bonchev–Trinajstić information content (AvgIpc) is 2.80. The van der Waals surface area contributed by atoms with Gasteiger partial charge in [-0.2, -0.15) is 0 Å². The predicted octanol–water partition coefficient (Wildman–Crippen LogP) is 5.41. The van der Waals surface area contributed by atoms with Gasteiger partial charge in [0.25, 0.3) is 5.56 Å². The van der Waals surface area contributed by atoms with Crippen molar-refractivity contribution in [2.24, 2.45) is 5.41 Å². The highest BCUT2D eigenvalue weighted by Gasteiger charge is 2.42. The van der Waals surface area contributed by atoms with Crippen LogP contribution in [0.3, 0.4) is 0 Å². The van der Waals surface area contributed by atoms with Crippen LogP contribution >= 0.6 is 11.8 Å². The molecule has 0 saturated heterocycles. The Balaban J connectivity index is 1.59. The maximum atomic E-state index is 13.6. The van der Waals surface area contributed by atoms with E-state index in [4.69, 9.17) is 9.72 Å². The van der Waals surface area contributed by atoms with Gasteiger partial charge in [-0.25, -0.2) is 9.37 Å². The standard InChI is InChI=1S/C27H26FN3O3S/c1-27(2)12-19-22(20(32)13-27)21(16-7-5-9-18(11-16)34-3)23-24(29-19)30-26(31-25(23)33)35-14-15-6-4-8-17(28)10-15/h4-11,21H,12-14H2,1-3H3,(H2,29,30,31,33). The van der Waals surface area contributed by atoms with Gasteiger partial charge < -0.3 is 15.0 Å². The Labute approximate surface area is 207 Å². The Morgan fingerprint density at radius 3 is 2.71 bits per heavy atom. The highest BCUT2D eigenvalue weighted by molar-refractivity contribution is 7.98. The molecule has 180 valence electrons. The van der Waals surface area contributed by atoms with Gasteiger partial charge in [-0.3, -0.25) is 9.59 Å². The first kappa shape index (κ1) is 23.4. The molecule has 5 rings (SSSR count). The molecule has 2 heterocycles. The SMILES string of the molecule is COc1cccc(C2C3=C(CC(C)(C)CC3=O)Nc3nc(SCc4cccc(F)c4)[nH]c(=O)c32)c1. The van der Waals surface area contributed by atoms with Gasteiger partial charge >= 0.3 is 0 Å². The van der Waals surface area contributed by atoms with Crippen molar-refractivity contribution >= 4 is 23.4 Å². The van der Waals surface area contributed by atoms with Crippen LogP contribution in [0.5, 0.6) is 5.75 Å². The fourth-order valence-corrected chi connectivity index (χ4v) is 5.70. The number of anilines is 1. The third-order valence-electron chi connectivity index (χ3n) is 6.39. The van der Waals surface area contributed by atoms with Crippen molar-refractivity contribution in [2.45, 2.75) is 43.5 Å². The lowest BCUT2D eigenvalue weighted by molar-refractivity contribution is -0.118. The van der Waals surface area contributed by atoms with E-state index in [1.165, 1.54) is 23.9 Å². The first-order chi connectivity index (χ1) is 16.7. The van der Waals surface area contributed by atoms with Crippen LogP contribution in [-0.2, 0) is 10.5 Å². The van der Waals surface area contributed by atoms with Crippen molar-refractivity contribution in [2.75, 3.05) is 12.4 Å². The summed E-state index contributed by atoms with van der Waals surface area (Å²) in [5.41, 5.74) is 2.95. The maximum absolute atomic E-state index is 13.6. The number of aromatic nitrogens is 2. The Morgan fingerprint density at radius 2 is 1.94 bits per heavy atom. The quantitative estimate of drug-likeness (QED) is 0.367. The monoisotopic (exact) mass is 491 g/mol. The van der Waals surface area contributed by atoms with Gasteiger partial charge in [0, 0.05) is 29.4 Å². The third-order valence-corrected chi connectivity index (χ3v) is 7.34. The van der Waals surface area contributed by atoms with E-state index in [-0.39, 0.29) is 22.6 Å². The molecular formula is C27H26FN3O3S. The molecular weight excluding hydrogens is 465 g/mol. The molecule has 0 spiro atoms. The number of hydrogen-bond acceptors (Lipinski definition) is 6. The average molecular weight is 492 g/mol. The molecule has 2 N–H and O–H groups in total. The Kier molecular flexibility index (Phi) is 6.01. The van der Waals surface area contributed by atoms with Crippen molar-refractivity contribution in [1.29, 1.82) is 0 Å². The van der Waals surface area contributed by atoms with E-state index in [9.17, 15) is 14.0 Å². The third kappa shape index (κ3) is 4.62. The molecule has 3 aromatic rings. The number of nitrogens with one attached hydrogen (secondary N) is 2. The summed E-state index contributed by atoms with van der Waals surface area (Å²) >= 11 is 1.33. The van der Waals surface area contributed by atoms with Crippen LogP contribution < -0.4 is 15.6 Å². The molecule has 0 saturated carbocycles. The van der Waals surface area contributed by atoms with E-state index >= 15 is 0 Å². The van der Waals surface area contributed by atoms with Crippen LogP contribution in [-0.4, -0.2) is 22.9 Å². The highest BCUT2D eigenvalue weighted by atomic mass is 32.2. The summed E-state index contributed by atoms with van der Waals surface area (Å²) in [6.45, 7) is 4.13. The molecule has 6 nitrogen and oxygen atoms in total. The number of hydrogen-bond donors (Lipinski definition) is 2. The molecule has 1 aliphatic carbocycles.